The van der Waals surface area contributed by atoms with Crippen LogP contribution in [0.4, 0.5) is 5.69 Å². The molecule has 0 unspecified atom stereocenters. The second-order valence-corrected chi connectivity index (χ2v) is 6.99. The summed E-state index contributed by atoms with van der Waals surface area (Å²) in [4.78, 5) is 19.2. The highest BCUT2D eigenvalue weighted by Gasteiger charge is 2.20. The van der Waals surface area contributed by atoms with E-state index < -0.39 is 0 Å². The molecular weight excluding hydrogens is 396 g/mol. The van der Waals surface area contributed by atoms with E-state index in [0.29, 0.717) is 35.5 Å². The van der Waals surface area contributed by atoms with Gasteiger partial charge in [-0.1, -0.05) is 23.4 Å². The van der Waals surface area contributed by atoms with Crippen LogP contribution in [0.25, 0.3) is 23.0 Å². The van der Waals surface area contributed by atoms with E-state index in [0.717, 1.165) is 11.3 Å². The Bertz CT molecular complexity index is 1220. The number of nitrogens with zero attached hydrogens (tertiary/aromatic N) is 4. The largest absolute Gasteiger partial charge is 0.454 e. The summed E-state index contributed by atoms with van der Waals surface area (Å²) in [5.41, 5.74) is 2.30. The molecule has 0 radical (unpaired) electrons. The Labute approximate surface area is 178 Å². The van der Waals surface area contributed by atoms with Gasteiger partial charge in [-0.05, 0) is 49.4 Å². The first-order chi connectivity index (χ1) is 15.2. The van der Waals surface area contributed by atoms with E-state index in [9.17, 15) is 4.79 Å². The fourth-order valence-corrected chi connectivity index (χ4v) is 3.57. The topological polar surface area (TPSA) is 82.6 Å². The minimum atomic E-state index is -0.0262. The minimum absolute atomic E-state index is 0.0262. The van der Waals surface area contributed by atoms with Gasteiger partial charge in [-0.25, -0.2) is 0 Å². The Morgan fingerprint density at radius 3 is 2.74 bits per heavy atom. The fraction of sp³-hybridized carbons (Fsp3) is 0.174. The van der Waals surface area contributed by atoms with E-state index in [1.54, 1.807) is 4.90 Å². The SMILES string of the molecule is CCN(C(=O)Cn1cccc1-c1nc(-c2ccc3c(c2)OCO3)no1)c1ccccc1. The molecule has 31 heavy (non-hydrogen) atoms. The molecule has 0 spiro atoms. The normalized spacial score (nSPS) is 12.2. The average Bonchev–Trinajstić information content (AvgIpc) is 3.55. The van der Waals surface area contributed by atoms with E-state index in [4.69, 9.17) is 14.0 Å². The molecule has 0 aliphatic carbocycles. The molecule has 8 nitrogen and oxygen atoms in total. The van der Waals surface area contributed by atoms with E-state index in [-0.39, 0.29) is 19.2 Å². The van der Waals surface area contributed by atoms with Gasteiger partial charge in [0.2, 0.25) is 18.5 Å². The molecule has 1 aliphatic rings. The summed E-state index contributed by atoms with van der Waals surface area (Å²) in [6.45, 7) is 2.90. The van der Waals surface area contributed by atoms with Gasteiger partial charge >= 0.3 is 0 Å². The average molecular weight is 416 g/mol. The molecule has 0 N–H and O–H groups in total. The number of amides is 1. The van der Waals surface area contributed by atoms with Crippen molar-refractivity contribution in [3.05, 3.63) is 66.9 Å². The summed E-state index contributed by atoms with van der Waals surface area (Å²) in [6, 6.07) is 18.8. The Kier molecular flexibility index (Phi) is 4.87. The number of likely N-dealkylation sites (N-methyl/N-ethyl adjacent to an activating group) is 1. The number of benzene rings is 2. The molecular formula is C23H20N4O4. The predicted molar refractivity (Wildman–Crippen MR) is 114 cm³/mol. The number of hydrogen-bond acceptors (Lipinski definition) is 6. The molecule has 4 aromatic rings. The molecule has 8 heteroatoms. The van der Waals surface area contributed by atoms with Crippen molar-refractivity contribution in [1.82, 2.24) is 14.7 Å². The van der Waals surface area contributed by atoms with Gasteiger partial charge in [0.15, 0.2) is 11.5 Å². The maximum Gasteiger partial charge on any atom is 0.274 e. The second kappa shape index (κ2) is 7.98. The van der Waals surface area contributed by atoms with Gasteiger partial charge in [-0.3, -0.25) is 4.79 Å². The van der Waals surface area contributed by atoms with Crippen molar-refractivity contribution in [3.8, 4) is 34.5 Å². The second-order valence-electron chi connectivity index (χ2n) is 6.99. The highest BCUT2D eigenvalue weighted by molar-refractivity contribution is 5.93. The van der Waals surface area contributed by atoms with Crippen LogP contribution >= 0.6 is 0 Å². The molecule has 0 atom stereocenters. The monoisotopic (exact) mass is 416 g/mol. The van der Waals surface area contributed by atoms with Gasteiger partial charge in [-0.15, -0.1) is 0 Å². The van der Waals surface area contributed by atoms with Crippen LogP contribution in [0, 0.1) is 0 Å². The third-order valence-electron chi connectivity index (χ3n) is 5.10. The number of hydrogen-bond donors (Lipinski definition) is 0. The predicted octanol–water partition coefficient (Wildman–Crippen LogP) is 3.99. The molecule has 2 aromatic carbocycles. The lowest BCUT2D eigenvalue weighted by molar-refractivity contribution is -0.119. The molecule has 0 fully saturated rings. The van der Waals surface area contributed by atoms with Gasteiger partial charge in [0.25, 0.3) is 5.89 Å². The Morgan fingerprint density at radius 2 is 1.90 bits per heavy atom. The molecule has 0 saturated carbocycles. The van der Waals surface area contributed by atoms with Crippen molar-refractivity contribution in [2.75, 3.05) is 18.2 Å². The number of anilines is 1. The number of aromatic nitrogens is 3. The molecule has 2 aromatic heterocycles. The maximum atomic E-state index is 13.0. The lowest BCUT2D eigenvalue weighted by atomic mass is 10.2. The van der Waals surface area contributed by atoms with E-state index in [2.05, 4.69) is 10.1 Å². The highest BCUT2D eigenvalue weighted by atomic mass is 16.7. The standard InChI is InChI=1S/C23H20N4O4/c1-2-27(17-7-4-3-5-8-17)21(28)14-26-12-6-9-18(26)23-24-22(25-31-23)16-10-11-19-20(13-16)30-15-29-19/h3-13H,2,14-15H2,1H3. The fourth-order valence-electron chi connectivity index (χ4n) is 3.57. The van der Waals surface area contributed by atoms with Gasteiger partial charge in [0.1, 0.15) is 12.2 Å². The van der Waals surface area contributed by atoms with Gasteiger partial charge in [-0.2, -0.15) is 4.98 Å². The smallest absolute Gasteiger partial charge is 0.274 e. The van der Waals surface area contributed by atoms with Crippen LogP contribution in [-0.2, 0) is 11.3 Å². The summed E-state index contributed by atoms with van der Waals surface area (Å²) >= 11 is 0. The maximum absolute atomic E-state index is 13.0. The lowest BCUT2D eigenvalue weighted by Crippen LogP contribution is -2.33. The van der Waals surface area contributed by atoms with Gasteiger partial charge < -0.3 is 23.5 Å². The quantitative estimate of drug-likeness (QED) is 0.473. The molecule has 5 rings (SSSR count). The van der Waals surface area contributed by atoms with Crippen molar-refractivity contribution in [3.63, 3.8) is 0 Å². The van der Waals surface area contributed by atoms with Crippen molar-refractivity contribution < 1.29 is 18.8 Å². The van der Waals surface area contributed by atoms with Crippen molar-refractivity contribution in [1.29, 1.82) is 0 Å². The van der Waals surface area contributed by atoms with Crippen molar-refractivity contribution in [2.45, 2.75) is 13.5 Å². The zero-order chi connectivity index (χ0) is 21.2. The first-order valence-corrected chi connectivity index (χ1v) is 9.97. The van der Waals surface area contributed by atoms with Crippen LogP contribution in [0.5, 0.6) is 11.5 Å². The first-order valence-electron chi connectivity index (χ1n) is 9.97. The first kappa shape index (κ1) is 18.9. The molecule has 1 aliphatic heterocycles. The summed E-state index contributed by atoms with van der Waals surface area (Å²) in [6.07, 6.45) is 1.83. The van der Waals surface area contributed by atoms with Crippen LogP contribution in [0.15, 0.2) is 71.4 Å². The zero-order valence-electron chi connectivity index (χ0n) is 16.9. The Morgan fingerprint density at radius 1 is 1.06 bits per heavy atom. The third-order valence-corrected chi connectivity index (χ3v) is 5.10. The van der Waals surface area contributed by atoms with Crippen LogP contribution in [0.2, 0.25) is 0 Å². The van der Waals surface area contributed by atoms with E-state index in [1.165, 1.54) is 0 Å². The number of carbonyl (C=O) groups excluding carboxylic acids is 1. The molecule has 3 heterocycles. The summed E-state index contributed by atoms with van der Waals surface area (Å²) in [5, 5.41) is 4.10. The van der Waals surface area contributed by atoms with Crippen LogP contribution in [-0.4, -0.2) is 34.0 Å². The Balaban J connectivity index is 1.38. The van der Waals surface area contributed by atoms with Crippen LogP contribution in [0.3, 0.4) is 0 Å². The number of carbonyl (C=O) groups is 1. The molecule has 0 saturated heterocycles. The van der Waals surface area contributed by atoms with Gasteiger partial charge in [0, 0.05) is 24.0 Å². The number of rotatable bonds is 6. The Hall–Kier alpha value is -4.07. The van der Waals surface area contributed by atoms with Crippen molar-refractivity contribution in [2.24, 2.45) is 0 Å². The number of ether oxygens (including phenoxy) is 2. The van der Waals surface area contributed by atoms with Crippen LogP contribution in [0.1, 0.15) is 6.92 Å². The summed E-state index contributed by atoms with van der Waals surface area (Å²) in [5.74, 6) is 2.10. The molecule has 1 amide bonds. The third kappa shape index (κ3) is 3.63. The number of para-hydroxylation sites is 1. The van der Waals surface area contributed by atoms with Gasteiger partial charge in [0.05, 0.1) is 0 Å². The highest BCUT2D eigenvalue weighted by Crippen LogP contribution is 2.35. The number of fused-ring (bicyclic) bond motifs is 1. The van der Waals surface area contributed by atoms with Crippen LogP contribution < -0.4 is 14.4 Å². The molecule has 156 valence electrons. The zero-order valence-corrected chi connectivity index (χ0v) is 16.9. The summed E-state index contributed by atoms with van der Waals surface area (Å²) in [7, 11) is 0. The summed E-state index contributed by atoms with van der Waals surface area (Å²) < 4.78 is 18.1. The molecule has 0 bridgehead atoms. The van der Waals surface area contributed by atoms with E-state index >= 15 is 0 Å². The van der Waals surface area contributed by atoms with E-state index in [1.807, 2.05) is 78.4 Å². The lowest BCUT2D eigenvalue weighted by Gasteiger charge is -2.21. The minimum Gasteiger partial charge on any atom is -0.454 e. The van der Waals surface area contributed by atoms with Crippen molar-refractivity contribution >= 4 is 11.6 Å².